The molecule has 0 unspecified atom stereocenters. The van der Waals surface area contributed by atoms with E-state index >= 15 is 0 Å². The molecular formula is C25H33N3O4Si. The van der Waals surface area contributed by atoms with Gasteiger partial charge in [-0.05, 0) is 36.6 Å². The first-order valence-corrected chi connectivity index (χ1v) is 15.1. The molecule has 2 N–H and O–H groups in total. The Bertz CT molecular complexity index is 1140. The highest BCUT2D eigenvalue weighted by Crippen LogP contribution is 2.39. The van der Waals surface area contributed by atoms with E-state index in [9.17, 15) is 9.90 Å². The van der Waals surface area contributed by atoms with Gasteiger partial charge in [0.2, 0.25) is 5.91 Å². The predicted molar refractivity (Wildman–Crippen MR) is 133 cm³/mol. The molecular weight excluding hydrogens is 434 g/mol. The highest BCUT2D eigenvalue weighted by Gasteiger charge is 2.42. The van der Waals surface area contributed by atoms with Gasteiger partial charge in [0.1, 0.15) is 23.9 Å². The lowest BCUT2D eigenvalue weighted by atomic mass is 10.0. The number of pyridine rings is 1. The molecule has 0 radical (unpaired) electrons. The average Bonchev–Trinajstić information content (AvgIpc) is 3.51. The van der Waals surface area contributed by atoms with Crippen LogP contribution >= 0.6 is 0 Å². The summed E-state index contributed by atoms with van der Waals surface area (Å²) in [6, 6.07) is 12.8. The van der Waals surface area contributed by atoms with Gasteiger partial charge in [-0.25, -0.2) is 4.98 Å². The molecule has 1 aliphatic rings. The first-order chi connectivity index (χ1) is 15.8. The van der Waals surface area contributed by atoms with Gasteiger partial charge in [0.05, 0.1) is 7.11 Å². The van der Waals surface area contributed by atoms with E-state index in [1.165, 1.54) is 0 Å². The smallest absolute Gasteiger partial charge is 0.229 e. The normalized spacial score (nSPS) is 17.8. The molecule has 3 aromatic rings. The Morgan fingerprint density at radius 3 is 2.70 bits per heavy atom. The second kappa shape index (κ2) is 9.67. The van der Waals surface area contributed by atoms with Crippen LogP contribution < -0.4 is 10.1 Å². The van der Waals surface area contributed by atoms with Gasteiger partial charge < -0.3 is 24.5 Å². The SMILES string of the molecule is COc1ccccc1-c1cn(COCC[Si](C)(C)C)c2nc(NC(=O)[C@@H]3C[C@@H]3CO)ccc12. The van der Waals surface area contributed by atoms with Crippen molar-refractivity contribution < 1.29 is 19.4 Å². The minimum atomic E-state index is -1.18. The molecule has 0 spiro atoms. The number of aliphatic hydroxyl groups excluding tert-OH is 1. The van der Waals surface area contributed by atoms with Gasteiger partial charge in [-0.3, -0.25) is 4.79 Å². The van der Waals surface area contributed by atoms with Crippen LogP contribution in [0.1, 0.15) is 6.42 Å². The van der Waals surface area contributed by atoms with E-state index in [2.05, 4.69) is 25.0 Å². The Kier molecular flexibility index (Phi) is 6.88. The number of benzene rings is 1. The highest BCUT2D eigenvalue weighted by molar-refractivity contribution is 6.76. The Balaban J connectivity index is 1.64. The number of carbonyl (C=O) groups excluding carboxylic acids is 1. The van der Waals surface area contributed by atoms with Crippen LogP contribution in [0, 0.1) is 11.8 Å². The molecule has 1 aromatic carbocycles. The molecule has 8 heteroatoms. The molecule has 0 bridgehead atoms. The number of anilines is 1. The van der Waals surface area contributed by atoms with Gasteiger partial charge in [-0.2, -0.15) is 0 Å². The highest BCUT2D eigenvalue weighted by atomic mass is 28.3. The molecule has 1 fully saturated rings. The van der Waals surface area contributed by atoms with Crippen LogP contribution in [0.5, 0.6) is 5.75 Å². The zero-order chi connectivity index (χ0) is 23.6. The van der Waals surface area contributed by atoms with E-state index in [4.69, 9.17) is 14.5 Å². The van der Waals surface area contributed by atoms with Crippen molar-refractivity contribution in [2.45, 2.75) is 38.8 Å². The van der Waals surface area contributed by atoms with E-state index in [-0.39, 0.29) is 24.3 Å². The van der Waals surface area contributed by atoms with Gasteiger partial charge in [0.25, 0.3) is 0 Å². The van der Waals surface area contributed by atoms with E-state index in [0.29, 0.717) is 19.2 Å². The summed E-state index contributed by atoms with van der Waals surface area (Å²) in [5.74, 6) is 1.14. The summed E-state index contributed by atoms with van der Waals surface area (Å²) in [6.45, 7) is 8.14. The average molecular weight is 468 g/mol. The molecule has 0 aliphatic heterocycles. The maximum Gasteiger partial charge on any atom is 0.229 e. The summed E-state index contributed by atoms with van der Waals surface area (Å²) in [5.41, 5.74) is 2.73. The number of hydrogen-bond donors (Lipinski definition) is 2. The van der Waals surface area contributed by atoms with E-state index in [1.54, 1.807) is 7.11 Å². The van der Waals surface area contributed by atoms with Crippen LogP contribution in [0.2, 0.25) is 25.7 Å². The molecule has 4 rings (SSSR count). The zero-order valence-electron chi connectivity index (χ0n) is 19.8. The Labute approximate surface area is 195 Å². The third-order valence-electron chi connectivity index (χ3n) is 6.09. The third kappa shape index (κ3) is 5.46. The van der Waals surface area contributed by atoms with Crippen molar-refractivity contribution in [3.8, 4) is 16.9 Å². The maximum absolute atomic E-state index is 12.5. The molecule has 176 valence electrons. The van der Waals surface area contributed by atoms with E-state index < -0.39 is 8.07 Å². The van der Waals surface area contributed by atoms with Crippen molar-refractivity contribution in [2.75, 3.05) is 25.6 Å². The van der Waals surface area contributed by atoms with Crippen LogP contribution in [0.15, 0.2) is 42.6 Å². The number of hydrogen-bond acceptors (Lipinski definition) is 5. The number of para-hydroxylation sites is 1. The molecule has 7 nitrogen and oxygen atoms in total. The molecule has 2 atom stereocenters. The van der Waals surface area contributed by atoms with Gasteiger partial charge in [0, 0.05) is 49.9 Å². The largest absolute Gasteiger partial charge is 0.496 e. The molecule has 2 heterocycles. The minimum absolute atomic E-state index is 0.0461. The summed E-state index contributed by atoms with van der Waals surface area (Å²) in [5, 5.41) is 13.1. The lowest BCUT2D eigenvalue weighted by Crippen LogP contribution is -2.22. The molecule has 33 heavy (non-hydrogen) atoms. The quantitative estimate of drug-likeness (QED) is 0.336. The molecule has 1 amide bonds. The lowest BCUT2D eigenvalue weighted by molar-refractivity contribution is -0.117. The molecule has 1 saturated carbocycles. The first kappa shape index (κ1) is 23.5. The monoisotopic (exact) mass is 467 g/mol. The second-order valence-electron chi connectivity index (χ2n) is 9.90. The number of carbonyl (C=O) groups is 1. The summed E-state index contributed by atoms with van der Waals surface area (Å²) < 4.78 is 13.6. The van der Waals surface area contributed by atoms with Crippen LogP contribution in [0.3, 0.4) is 0 Å². The fraction of sp³-hybridized carbons (Fsp3) is 0.440. The Hall–Kier alpha value is -2.68. The van der Waals surface area contributed by atoms with E-state index in [0.717, 1.165) is 40.4 Å². The third-order valence-corrected chi connectivity index (χ3v) is 7.80. The summed E-state index contributed by atoms with van der Waals surface area (Å²) >= 11 is 0. The number of nitrogens with one attached hydrogen (secondary N) is 1. The van der Waals surface area contributed by atoms with Crippen molar-refractivity contribution in [3.05, 3.63) is 42.6 Å². The predicted octanol–water partition coefficient (Wildman–Crippen LogP) is 4.59. The maximum atomic E-state index is 12.5. The second-order valence-corrected chi connectivity index (χ2v) is 15.5. The number of nitrogens with zero attached hydrogens (tertiary/aromatic N) is 2. The number of amides is 1. The number of aliphatic hydroxyl groups is 1. The van der Waals surface area contributed by atoms with Gasteiger partial charge in [-0.15, -0.1) is 0 Å². The van der Waals surface area contributed by atoms with Gasteiger partial charge in [-0.1, -0.05) is 37.8 Å². The molecule has 0 saturated heterocycles. The van der Waals surface area contributed by atoms with Crippen molar-refractivity contribution in [2.24, 2.45) is 11.8 Å². The number of rotatable bonds is 10. The first-order valence-electron chi connectivity index (χ1n) is 11.4. The Morgan fingerprint density at radius 1 is 1.21 bits per heavy atom. The van der Waals surface area contributed by atoms with Crippen LogP contribution in [0.25, 0.3) is 22.2 Å². The van der Waals surface area contributed by atoms with Crippen LogP contribution in [-0.2, 0) is 16.3 Å². The van der Waals surface area contributed by atoms with E-state index in [1.807, 2.05) is 47.2 Å². The summed E-state index contributed by atoms with van der Waals surface area (Å²) in [7, 11) is 0.486. The van der Waals surface area contributed by atoms with Crippen molar-refractivity contribution in [3.63, 3.8) is 0 Å². The summed E-state index contributed by atoms with van der Waals surface area (Å²) in [4.78, 5) is 17.2. The van der Waals surface area contributed by atoms with Crippen molar-refractivity contribution >= 4 is 30.8 Å². The number of methoxy groups -OCH3 is 1. The fourth-order valence-corrected chi connectivity index (χ4v) is 4.70. The number of fused-ring (bicyclic) bond motifs is 1. The molecule has 2 aromatic heterocycles. The standard InChI is InChI=1S/C25H33N3O4Si/c1-31-22-8-6-5-7-18(22)21-14-28(16-32-11-12-33(2,3)4)24-19(21)9-10-23(26-24)27-25(30)20-13-17(20)15-29/h5-10,14,17,20,29H,11-13,15-16H2,1-4H3,(H,26,27,30)/t17-,20-/m1/s1. The van der Waals surface area contributed by atoms with Crippen LogP contribution in [-0.4, -0.2) is 49.0 Å². The topological polar surface area (TPSA) is 85.6 Å². The van der Waals surface area contributed by atoms with Crippen molar-refractivity contribution in [1.29, 1.82) is 0 Å². The zero-order valence-corrected chi connectivity index (χ0v) is 20.8. The number of ether oxygens (including phenoxy) is 2. The van der Waals surface area contributed by atoms with Crippen molar-refractivity contribution in [1.82, 2.24) is 9.55 Å². The Morgan fingerprint density at radius 2 is 2.00 bits per heavy atom. The fourth-order valence-electron chi connectivity index (χ4n) is 3.94. The lowest BCUT2D eigenvalue weighted by Gasteiger charge is -2.15. The molecule has 1 aliphatic carbocycles. The number of aromatic nitrogens is 2. The van der Waals surface area contributed by atoms with Gasteiger partial charge >= 0.3 is 0 Å². The van der Waals surface area contributed by atoms with Gasteiger partial charge in [0.15, 0.2) is 0 Å². The van der Waals surface area contributed by atoms with Crippen LogP contribution in [0.4, 0.5) is 5.82 Å². The minimum Gasteiger partial charge on any atom is -0.496 e. The summed E-state index contributed by atoms with van der Waals surface area (Å²) in [6.07, 6.45) is 2.77.